The molecular weight excluding hydrogens is 327 g/mol. The highest BCUT2D eigenvalue weighted by Crippen LogP contribution is 2.37. The van der Waals surface area contributed by atoms with Crippen LogP contribution in [0, 0.1) is 5.82 Å². The van der Waals surface area contributed by atoms with Crippen molar-refractivity contribution in [3.8, 4) is 0 Å². The first-order chi connectivity index (χ1) is 12.0. The van der Waals surface area contributed by atoms with Crippen molar-refractivity contribution < 1.29 is 19.3 Å². The molecule has 3 aromatic rings. The molecule has 4 rings (SSSR count). The first-order valence-electron chi connectivity index (χ1n) is 7.88. The Labute approximate surface area is 142 Å². The minimum Gasteiger partial charge on any atom is -0.390 e. The zero-order valence-corrected chi connectivity index (χ0v) is 13.2. The van der Waals surface area contributed by atoms with E-state index in [1.807, 2.05) is 0 Å². The molecule has 2 aromatic heterocycles. The van der Waals surface area contributed by atoms with Crippen LogP contribution in [0.5, 0.6) is 0 Å². The van der Waals surface area contributed by atoms with E-state index in [9.17, 15) is 14.6 Å². The van der Waals surface area contributed by atoms with E-state index in [4.69, 9.17) is 10.5 Å². The van der Waals surface area contributed by atoms with Crippen LogP contribution in [-0.4, -0.2) is 37.0 Å². The zero-order valence-electron chi connectivity index (χ0n) is 13.2. The summed E-state index contributed by atoms with van der Waals surface area (Å²) in [5.74, 6) is -0.0250. The monoisotopic (exact) mass is 344 g/mol. The highest BCUT2D eigenvalue weighted by molar-refractivity contribution is 5.86. The summed E-state index contributed by atoms with van der Waals surface area (Å²) >= 11 is 0. The van der Waals surface area contributed by atoms with E-state index >= 15 is 0 Å². The summed E-state index contributed by atoms with van der Waals surface area (Å²) in [6.07, 6.45) is 0.151. The van der Waals surface area contributed by atoms with Crippen LogP contribution in [0.4, 0.5) is 10.2 Å². The second-order valence-electron chi connectivity index (χ2n) is 6.07. The molecule has 0 radical (unpaired) electrons. The normalized spacial score (nSPS) is 24.7. The summed E-state index contributed by atoms with van der Waals surface area (Å²) in [6.45, 7) is 0. The minimum atomic E-state index is -1.07. The number of nitrogen functional groups attached to an aromatic ring is 1. The summed E-state index contributed by atoms with van der Waals surface area (Å²) in [4.78, 5) is 8.16. The van der Waals surface area contributed by atoms with Crippen LogP contribution in [0.15, 0.2) is 42.9 Å². The maximum absolute atomic E-state index is 13.0. The topological polar surface area (TPSA) is 106 Å². The molecule has 0 unspecified atom stereocenters. The Morgan fingerprint density at radius 1 is 1.24 bits per heavy atom. The molecule has 0 bridgehead atoms. The van der Waals surface area contributed by atoms with E-state index in [1.54, 1.807) is 16.8 Å². The van der Waals surface area contributed by atoms with Crippen molar-refractivity contribution in [2.24, 2.45) is 0 Å². The number of rotatable bonds is 3. The number of ether oxygens (including phenoxy) is 1. The van der Waals surface area contributed by atoms with Crippen LogP contribution in [0.2, 0.25) is 0 Å². The fourth-order valence-corrected chi connectivity index (χ4v) is 3.20. The molecule has 4 atom stereocenters. The predicted octanol–water partition coefficient (Wildman–Crippen LogP) is 1.53. The lowest BCUT2D eigenvalue weighted by Crippen LogP contribution is -2.28. The summed E-state index contributed by atoms with van der Waals surface area (Å²) in [5, 5.41) is 21.5. The number of fused-ring (bicyclic) bond motifs is 1. The molecule has 8 heteroatoms. The first kappa shape index (κ1) is 15.9. The van der Waals surface area contributed by atoms with Gasteiger partial charge in [0.15, 0.2) is 0 Å². The Hall–Kier alpha value is -2.55. The number of nitrogens with zero attached hydrogens (tertiary/aromatic N) is 3. The molecule has 4 N–H and O–H groups in total. The van der Waals surface area contributed by atoms with Gasteiger partial charge >= 0.3 is 0 Å². The average molecular weight is 344 g/mol. The molecule has 1 aliphatic heterocycles. The van der Waals surface area contributed by atoms with E-state index in [0.29, 0.717) is 22.4 Å². The van der Waals surface area contributed by atoms with E-state index in [0.717, 1.165) is 0 Å². The maximum atomic E-state index is 13.0. The number of nitrogens with two attached hydrogens (primary N) is 1. The Balaban J connectivity index is 1.60. The van der Waals surface area contributed by atoms with Gasteiger partial charge in [-0.15, -0.1) is 0 Å². The molecule has 7 nitrogen and oxygen atoms in total. The third kappa shape index (κ3) is 2.74. The number of halogens is 1. The van der Waals surface area contributed by atoms with Crippen molar-refractivity contribution in [2.45, 2.75) is 31.0 Å². The third-order valence-corrected chi connectivity index (χ3v) is 4.51. The smallest absolute Gasteiger partial charge is 0.147 e. The van der Waals surface area contributed by atoms with Crippen LogP contribution in [0.25, 0.3) is 11.0 Å². The van der Waals surface area contributed by atoms with Gasteiger partial charge in [0.05, 0.1) is 11.5 Å². The Bertz CT molecular complexity index is 899. The van der Waals surface area contributed by atoms with E-state index in [-0.39, 0.29) is 6.42 Å². The lowest BCUT2D eigenvalue weighted by Gasteiger charge is -2.22. The van der Waals surface area contributed by atoms with Gasteiger partial charge in [0.1, 0.15) is 42.0 Å². The number of aromatic nitrogens is 3. The SMILES string of the molecule is Nc1ncnc2c1ccn2[C@H]1C[C@H](O)[C@@H]([C@H](O)c2ccc(F)cc2)O1. The molecule has 1 aromatic carbocycles. The van der Waals surface area contributed by atoms with Gasteiger partial charge in [0.25, 0.3) is 0 Å². The fourth-order valence-electron chi connectivity index (χ4n) is 3.20. The summed E-state index contributed by atoms with van der Waals surface area (Å²) in [6, 6.07) is 7.25. The number of aliphatic hydroxyl groups excluding tert-OH is 2. The average Bonchev–Trinajstić information content (AvgIpc) is 3.19. The molecule has 130 valence electrons. The standard InChI is InChI=1S/C17H17FN4O3/c18-10-3-1-9(2-4-10)14(24)15-12(23)7-13(25-15)22-6-5-11-16(19)20-8-21-17(11)22/h1-6,8,12-15,23-24H,7H2,(H2,19,20,21)/t12-,13+,14+,15-/m0/s1. The Kier molecular flexibility index (Phi) is 3.87. The van der Waals surface area contributed by atoms with Gasteiger partial charge in [-0.25, -0.2) is 14.4 Å². The van der Waals surface area contributed by atoms with Crippen molar-refractivity contribution in [2.75, 3.05) is 5.73 Å². The van der Waals surface area contributed by atoms with E-state index in [1.165, 1.54) is 30.6 Å². The predicted molar refractivity (Wildman–Crippen MR) is 87.8 cm³/mol. The van der Waals surface area contributed by atoms with Crippen LogP contribution in [0.3, 0.4) is 0 Å². The van der Waals surface area contributed by atoms with Gasteiger partial charge in [-0.3, -0.25) is 0 Å². The van der Waals surface area contributed by atoms with Crippen molar-refractivity contribution in [3.05, 3.63) is 54.2 Å². The molecule has 1 fully saturated rings. The molecule has 3 heterocycles. The van der Waals surface area contributed by atoms with Crippen molar-refractivity contribution in [1.82, 2.24) is 14.5 Å². The number of benzene rings is 1. The second-order valence-corrected chi connectivity index (χ2v) is 6.07. The van der Waals surface area contributed by atoms with Crippen LogP contribution < -0.4 is 5.73 Å². The molecular formula is C17H17FN4O3. The Morgan fingerprint density at radius 2 is 2.00 bits per heavy atom. The van der Waals surface area contributed by atoms with E-state index in [2.05, 4.69) is 9.97 Å². The molecule has 0 aliphatic carbocycles. The van der Waals surface area contributed by atoms with Gasteiger partial charge in [0.2, 0.25) is 0 Å². The molecule has 0 saturated carbocycles. The third-order valence-electron chi connectivity index (χ3n) is 4.51. The van der Waals surface area contributed by atoms with Crippen molar-refractivity contribution in [3.63, 3.8) is 0 Å². The molecule has 0 amide bonds. The number of hydrogen-bond acceptors (Lipinski definition) is 6. The summed E-state index contributed by atoms with van der Waals surface area (Å²) in [5.41, 5.74) is 6.91. The molecule has 1 aliphatic rings. The number of hydrogen-bond donors (Lipinski definition) is 3. The lowest BCUT2D eigenvalue weighted by molar-refractivity contribution is -0.0828. The van der Waals surface area contributed by atoms with Crippen LogP contribution >= 0.6 is 0 Å². The minimum absolute atomic E-state index is 0.288. The first-order valence-corrected chi connectivity index (χ1v) is 7.88. The maximum Gasteiger partial charge on any atom is 0.147 e. The zero-order chi connectivity index (χ0) is 17.6. The molecule has 25 heavy (non-hydrogen) atoms. The molecule has 1 saturated heterocycles. The quantitative estimate of drug-likeness (QED) is 0.665. The summed E-state index contributed by atoms with van der Waals surface area (Å²) < 4.78 is 20.7. The van der Waals surface area contributed by atoms with Gasteiger partial charge in [-0.05, 0) is 23.8 Å². The van der Waals surface area contributed by atoms with Crippen molar-refractivity contribution >= 4 is 16.9 Å². The second kappa shape index (κ2) is 6.07. The Morgan fingerprint density at radius 3 is 2.76 bits per heavy atom. The number of aliphatic hydroxyl groups is 2. The largest absolute Gasteiger partial charge is 0.390 e. The highest BCUT2D eigenvalue weighted by Gasteiger charge is 2.40. The van der Waals surface area contributed by atoms with Gasteiger partial charge in [-0.2, -0.15) is 0 Å². The van der Waals surface area contributed by atoms with Gasteiger partial charge < -0.3 is 25.3 Å². The van der Waals surface area contributed by atoms with Crippen LogP contribution in [0.1, 0.15) is 24.3 Å². The lowest BCUT2D eigenvalue weighted by atomic mass is 10.0. The van der Waals surface area contributed by atoms with Gasteiger partial charge in [-0.1, -0.05) is 12.1 Å². The fraction of sp³-hybridized carbons (Fsp3) is 0.294. The van der Waals surface area contributed by atoms with E-state index < -0.39 is 30.4 Å². The highest BCUT2D eigenvalue weighted by atomic mass is 19.1. The summed E-state index contributed by atoms with van der Waals surface area (Å²) in [7, 11) is 0. The van der Waals surface area contributed by atoms with Crippen LogP contribution in [-0.2, 0) is 4.74 Å². The molecule has 0 spiro atoms. The van der Waals surface area contributed by atoms with Gasteiger partial charge in [0, 0.05) is 12.6 Å². The number of anilines is 1. The van der Waals surface area contributed by atoms with Crippen molar-refractivity contribution in [1.29, 1.82) is 0 Å².